The lowest BCUT2D eigenvalue weighted by atomic mass is 10.2. The third-order valence-electron chi connectivity index (χ3n) is 3.73. The molecule has 1 atom stereocenters. The van der Waals surface area contributed by atoms with Crippen LogP contribution in [-0.2, 0) is 16.1 Å². The predicted molar refractivity (Wildman–Crippen MR) is 78.0 cm³/mol. The Bertz CT molecular complexity index is 725. The van der Waals surface area contributed by atoms with Gasteiger partial charge in [-0.15, -0.1) is 0 Å². The van der Waals surface area contributed by atoms with Gasteiger partial charge in [0, 0.05) is 11.9 Å². The van der Waals surface area contributed by atoms with Crippen molar-refractivity contribution in [3.63, 3.8) is 0 Å². The van der Waals surface area contributed by atoms with Crippen molar-refractivity contribution in [2.24, 2.45) is 0 Å². The zero-order valence-corrected chi connectivity index (χ0v) is 11.9. The molecule has 2 heterocycles. The second-order valence-electron chi connectivity index (χ2n) is 5.21. The average Bonchev–Trinajstić information content (AvgIpc) is 2.51. The lowest BCUT2D eigenvalue weighted by Gasteiger charge is -2.33. The van der Waals surface area contributed by atoms with Gasteiger partial charge in [0.05, 0.1) is 30.8 Å². The molecule has 1 fully saturated rings. The summed E-state index contributed by atoms with van der Waals surface area (Å²) in [6.45, 7) is 3.53. The maximum atomic E-state index is 12.3. The Balaban J connectivity index is 1.86. The molecule has 0 unspecified atom stereocenters. The van der Waals surface area contributed by atoms with Gasteiger partial charge < -0.3 is 9.64 Å². The highest BCUT2D eigenvalue weighted by molar-refractivity contribution is 5.81. The van der Waals surface area contributed by atoms with Crippen molar-refractivity contribution >= 4 is 16.7 Å². The summed E-state index contributed by atoms with van der Waals surface area (Å²) in [5.41, 5.74) is -0.234. The number of ether oxygens (including phenoxy) is 1. The van der Waals surface area contributed by atoms with Gasteiger partial charge >= 0.3 is 0 Å². The molecule has 1 aromatic carbocycles. The second-order valence-corrected chi connectivity index (χ2v) is 5.21. The summed E-state index contributed by atoms with van der Waals surface area (Å²) in [6, 6.07) is 7.27. The summed E-state index contributed by atoms with van der Waals surface area (Å²) < 4.78 is 6.54. The lowest BCUT2D eigenvalue weighted by Crippen LogP contribution is -2.49. The Kier molecular flexibility index (Phi) is 3.70. The number of benzene rings is 1. The van der Waals surface area contributed by atoms with E-state index in [1.54, 1.807) is 23.2 Å². The molecule has 1 aromatic heterocycles. The van der Waals surface area contributed by atoms with Crippen LogP contribution in [0.1, 0.15) is 6.92 Å². The average molecular weight is 287 g/mol. The Labute approximate surface area is 121 Å². The highest BCUT2D eigenvalue weighted by Gasteiger charge is 2.24. The fraction of sp³-hybridized carbons (Fsp3) is 0.400. The zero-order chi connectivity index (χ0) is 14.8. The minimum Gasteiger partial charge on any atom is -0.377 e. The highest BCUT2D eigenvalue weighted by Crippen LogP contribution is 2.09. The van der Waals surface area contributed by atoms with Gasteiger partial charge in [0.15, 0.2) is 0 Å². The second kappa shape index (κ2) is 5.65. The summed E-state index contributed by atoms with van der Waals surface area (Å²) in [4.78, 5) is 26.4. The van der Waals surface area contributed by atoms with Crippen molar-refractivity contribution in [3.05, 3.63) is 40.8 Å². The van der Waals surface area contributed by atoms with Gasteiger partial charge in [-0.25, -0.2) is 4.68 Å². The molecule has 6 heteroatoms. The molecule has 0 spiro atoms. The molecule has 2 aromatic rings. The largest absolute Gasteiger partial charge is 0.377 e. The molecule has 3 rings (SSSR count). The maximum absolute atomic E-state index is 12.3. The van der Waals surface area contributed by atoms with E-state index in [0.29, 0.717) is 25.1 Å². The summed E-state index contributed by atoms with van der Waals surface area (Å²) in [5.74, 6) is -0.101. The molecule has 1 aliphatic heterocycles. The third-order valence-corrected chi connectivity index (χ3v) is 3.73. The van der Waals surface area contributed by atoms with Gasteiger partial charge in [0.1, 0.15) is 6.54 Å². The maximum Gasteiger partial charge on any atom is 0.275 e. The van der Waals surface area contributed by atoms with Crippen LogP contribution < -0.4 is 5.56 Å². The third kappa shape index (κ3) is 2.67. The van der Waals surface area contributed by atoms with Gasteiger partial charge in [0.25, 0.3) is 5.56 Å². The summed E-state index contributed by atoms with van der Waals surface area (Å²) in [5, 5.41) is 5.45. The molecular formula is C15H17N3O3. The van der Waals surface area contributed by atoms with Crippen molar-refractivity contribution in [2.75, 3.05) is 19.8 Å². The number of carbonyl (C=O) groups is 1. The van der Waals surface area contributed by atoms with E-state index in [2.05, 4.69) is 5.10 Å². The van der Waals surface area contributed by atoms with E-state index < -0.39 is 0 Å². The smallest absolute Gasteiger partial charge is 0.275 e. The highest BCUT2D eigenvalue weighted by atomic mass is 16.5. The van der Waals surface area contributed by atoms with Crippen LogP contribution in [0.4, 0.5) is 0 Å². The topological polar surface area (TPSA) is 64.4 Å². The van der Waals surface area contributed by atoms with Crippen molar-refractivity contribution in [1.82, 2.24) is 14.7 Å². The van der Waals surface area contributed by atoms with E-state index in [4.69, 9.17) is 4.74 Å². The Morgan fingerprint density at radius 2 is 2.24 bits per heavy atom. The summed E-state index contributed by atoms with van der Waals surface area (Å²) in [6.07, 6.45) is 1.62. The number of hydrogen-bond acceptors (Lipinski definition) is 4. The first-order valence-corrected chi connectivity index (χ1v) is 6.99. The first kappa shape index (κ1) is 13.8. The first-order chi connectivity index (χ1) is 10.2. The monoisotopic (exact) mass is 287 g/mol. The molecule has 0 bridgehead atoms. The van der Waals surface area contributed by atoms with Crippen molar-refractivity contribution < 1.29 is 9.53 Å². The normalized spacial score (nSPS) is 18.9. The summed E-state index contributed by atoms with van der Waals surface area (Å²) >= 11 is 0. The number of aromatic nitrogens is 2. The van der Waals surface area contributed by atoms with Crippen LogP contribution in [0.5, 0.6) is 0 Å². The fourth-order valence-electron chi connectivity index (χ4n) is 2.56. The SMILES string of the molecule is C[C@H]1COCCN1C(=O)Cn1ncc2ccccc2c1=O. The van der Waals surface area contributed by atoms with Crippen LogP contribution in [0.25, 0.3) is 10.8 Å². The van der Waals surface area contributed by atoms with Crippen LogP contribution in [-0.4, -0.2) is 46.4 Å². The van der Waals surface area contributed by atoms with Crippen LogP contribution in [0.15, 0.2) is 35.3 Å². The number of rotatable bonds is 2. The van der Waals surface area contributed by atoms with Gasteiger partial charge in [-0.3, -0.25) is 9.59 Å². The van der Waals surface area contributed by atoms with E-state index >= 15 is 0 Å². The van der Waals surface area contributed by atoms with Crippen molar-refractivity contribution in [3.8, 4) is 0 Å². The minimum absolute atomic E-state index is 0.0300. The van der Waals surface area contributed by atoms with E-state index in [1.165, 1.54) is 4.68 Å². The molecule has 110 valence electrons. The van der Waals surface area contributed by atoms with Crippen LogP contribution in [0.2, 0.25) is 0 Å². The van der Waals surface area contributed by atoms with E-state index in [-0.39, 0.29) is 24.1 Å². The lowest BCUT2D eigenvalue weighted by molar-refractivity contribution is -0.140. The predicted octanol–water partition coefficient (Wildman–Crippen LogP) is 0.644. The number of fused-ring (bicyclic) bond motifs is 1. The zero-order valence-electron chi connectivity index (χ0n) is 11.9. The quantitative estimate of drug-likeness (QED) is 0.813. The molecule has 21 heavy (non-hydrogen) atoms. The molecular weight excluding hydrogens is 270 g/mol. The molecule has 1 saturated heterocycles. The standard InChI is InChI=1S/C15H17N3O3/c1-11-10-21-7-6-17(11)14(19)9-18-15(20)13-5-3-2-4-12(13)8-16-18/h2-5,8,11H,6-7,9-10H2,1H3/t11-/m0/s1. The van der Waals surface area contributed by atoms with Gasteiger partial charge in [-0.2, -0.15) is 5.10 Å². The number of carbonyl (C=O) groups excluding carboxylic acids is 1. The molecule has 0 N–H and O–H groups in total. The minimum atomic E-state index is -0.234. The molecule has 1 amide bonds. The van der Waals surface area contributed by atoms with Gasteiger partial charge in [-0.05, 0) is 13.0 Å². The van der Waals surface area contributed by atoms with Crippen LogP contribution >= 0.6 is 0 Å². The first-order valence-electron chi connectivity index (χ1n) is 6.99. The van der Waals surface area contributed by atoms with Crippen molar-refractivity contribution in [1.29, 1.82) is 0 Å². The van der Waals surface area contributed by atoms with Gasteiger partial charge in [-0.1, -0.05) is 18.2 Å². The Morgan fingerprint density at radius 1 is 1.43 bits per heavy atom. The number of hydrogen-bond donors (Lipinski definition) is 0. The Morgan fingerprint density at radius 3 is 3.05 bits per heavy atom. The number of amides is 1. The molecule has 6 nitrogen and oxygen atoms in total. The number of morpholine rings is 1. The van der Waals surface area contributed by atoms with Gasteiger partial charge in [0.2, 0.25) is 5.91 Å². The molecule has 0 radical (unpaired) electrons. The fourth-order valence-corrected chi connectivity index (χ4v) is 2.56. The number of nitrogens with zero attached hydrogens (tertiary/aromatic N) is 3. The van der Waals surface area contributed by atoms with E-state index in [1.807, 2.05) is 19.1 Å². The molecule has 0 saturated carbocycles. The van der Waals surface area contributed by atoms with E-state index in [9.17, 15) is 9.59 Å². The van der Waals surface area contributed by atoms with E-state index in [0.717, 1.165) is 5.39 Å². The summed E-state index contributed by atoms with van der Waals surface area (Å²) in [7, 11) is 0. The Hall–Kier alpha value is -2.21. The molecule has 0 aliphatic carbocycles. The van der Waals surface area contributed by atoms with Crippen molar-refractivity contribution in [2.45, 2.75) is 19.5 Å². The van der Waals surface area contributed by atoms with Crippen LogP contribution in [0, 0.1) is 0 Å². The van der Waals surface area contributed by atoms with Crippen LogP contribution in [0.3, 0.4) is 0 Å². The molecule has 1 aliphatic rings.